The van der Waals surface area contributed by atoms with Gasteiger partial charge in [0.05, 0.1) is 4.90 Å². The summed E-state index contributed by atoms with van der Waals surface area (Å²) in [4.78, 5) is 0.160. The Labute approximate surface area is 152 Å². The minimum Gasteiger partial charge on any atom is -0.311 e. The predicted octanol–water partition coefficient (Wildman–Crippen LogP) is 2.64. The van der Waals surface area contributed by atoms with Crippen LogP contribution in [0.1, 0.15) is 10.9 Å². The fourth-order valence-corrected chi connectivity index (χ4v) is 4.40. The second-order valence-corrected chi connectivity index (χ2v) is 9.80. The highest BCUT2D eigenvalue weighted by Gasteiger charge is 2.20. The SMILES string of the molecule is CS(=O)(=O)C(N)c1cccc2cc(NS(=O)(=O)c3ccccc3)ccc12. The summed E-state index contributed by atoms with van der Waals surface area (Å²) in [6, 6.07) is 18.1. The third kappa shape index (κ3) is 3.72. The fourth-order valence-electron chi connectivity index (χ4n) is 2.66. The number of sulfone groups is 1. The Balaban J connectivity index is 2.01. The lowest BCUT2D eigenvalue weighted by Gasteiger charge is -2.14. The molecule has 1 atom stereocenters. The Morgan fingerprint density at radius 1 is 0.885 bits per heavy atom. The van der Waals surface area contributed by atoms with E-state index in [9.17, 15) is 16.8 Å². The average molecular weight is 390 g/mol. The molecule has 26 heavy (non-hydrogen) atoms. The van der Waals surface area contributed by atoms with Crippen molar-refractivity contribution in [1.29, 1.82) is 0 Å². The number of anilines is 1. The van der Waals surface area contributed by atoms with E-state index < -0.39 is 25.2 Å². The molecule has 0 heterocycles. The van der Waals surface area contributed by atoms with Crippen LogP contribution in [-0.2, 0) is 19.9 Å². The van der Waals surface area contributed by atoms with Crippen molar-refractivity contribution in [2.45, 2.75) is 10.3 Å². The number of nitrogens with two attached hydrogens (primary N) is 1. The lowest BCUT2D eigenvalue weighted by Crippen LogP contribution is -2.20. The Bertz CT molecular complexity index is 1160. The summed E-state index contributed by atoms with van der Waals surface area (Å²) in [7, 11) is -7.16. The topological polar surface area (TPSA) is 106 Å². The molecule has 0 aliphatic heterocycles. The number of sulfonamides is 1. The fraction of sp³-hybridized carbons (Fsp3) is 0.111. The number of hydrogen-bond donors (Lipinski definition) is 2. The number of fused-ring (bicyclic) bond motifs is 1. The lowest BCUT2D eigenvalue weighted by atomic mass is 10.0. The Morgan fingerprint density at radius 2 is 1.58 bits per heavy atom. The summed E-state index contributed by atoms with van der Waals surface area (Å²) < 4.78 is 50.9. The van der Waals surface area contributed by atoms with Gasteiger partial charge < -0.3 is 5.73 Å². The first kappa shape index (κ1) is 18.4. The van der Waals surface area contributed by atoms with Crippen LogP contribution in [-0.4, -0.2) is 23.1 Å². The highest BCUT2D eigenvalue weighted by atomic mass is 32.2. The van der Waals surface area contributed by atoms with Gasteiger partial charge in [0.25, 0.3) is 10.0 Å². The molecule has 3 aromatic carbocycles. The molecule has 136 valence electrons. The molecule has 1 unspecified atom stereocenters. The van der Waals surface area contributed by atoms with Crippen LogP contribution in [0.25, 0.3) is 10.8 Å². The van der Waals surface area contributed by atoms with Gasteiger partial charge in [0.2, 0.25) is 0 Å². The standard InChI is InChI=1S/C18H18N2O4S2/c1-25(21,22)18(19)17-9-5-6-13-12-14(10-11-16(13)17)20-26(23,24)15-7-3-2-4-8-15/h2-12,18,20H,19H2,1H3. The van der Waals surface area contributed by atoms with E-state index in [-0.39, 0.29) is 4.90 Å². The van der Waals surface area contributed by atoms with Crippen molar-refractivity contribution in [3.05, 3.63) is 72.3 Å². The molecule has 0 fully saturated rings. The smallest absolute Gasteiger partial charge is 0.261 e. The molecule has 3 N–H and O–H groups in total. The Kier molecular flexibility index (Phi) is 4.74. The van der Waals surface area contributed by atoms with Crippen LogP contribution in [0.2, 0.25) is 0 Å². The van der Waals surface area contributed by atoms with Crippen molar-refractivity contribution in [2.24, 2.45) is 5.73 Å². The van der Waals surface area contributed by atoms with Crippen LogP contribution in [0.5, 0.6) is 0 Å². The maximum absolute atomic E-state index is 12.4. The molecule has 0 radical (unpaired) electrons. The number of hydrogen-bond acceptors (Lipinski definition) is 5. The second-order valence-electron chi connectivity index (χ2n) is 5.95. The molecule has 0 aromatic heterocycles. The minimum absolute atomic E-state index is 0.160. The van der Waals surface area contributed by atoms with Crippen molar-refractivity contribution in [2.75, 3.05) is 11.0 Å². The van der Waals surface area contributed by atoms with Gasteiger partial charge in [-0.2, -0.15) is 0 Å². The van der Waals surface area contributed by atoms with E-state index in [1.807, 2.05) is 0 Å². The first-order valence-corrected chi connectivity index (χ1v) is 11.2. The molecule has 0 bridgehead atoms. The van der Waals surface area contributed by atoms with Crippen LogP contribution in [0, 0.1) is 0 Å². The van der Waals surface area contributed by atoms with E-state index >= 15 is 0 Å². The number of rotatable bonds is 5. The van der Waals surface area contributed by atoms with E-state index in [1.165, 1.54) is 12.1 Å². The molecule has 0 aliphatic carbocycles. The van der Waals surface area contributed by atoms with Gasteiger partial charge >= 0.3 is 0 Å². The molecular weight excluding hydrogens is 372 g/mol. The molecular formula is C18H18N2O4S2. The first-order valence-electron chi connectivity index (χ1n) is 7.73. The van der Waals surface area contributed by atoms with Gasteiger partial charge in [0.15, 0.2) is 9.84 Å². The Morgan fingerprint density at radius 3 is 2.23 bits per heavy atom. The van der Waals surface area contributed by atoms with Gasteiger partial charge in [0, 0.05) is 11.9 Å². The van der Waals surface area contributed by atoms with Crippen molar-refractivity contribution in [3.63, 3.8) is 0 Å². The predicted molar refractivity (Wildman–Crippen MR) is 103 cm³/mol. The van der Waals surface area contributed by atoms with Crippen LogP contribution in [0.4, 0.5) is 5.69 Å². The third-order valence-electron chi connectivity index (χ3n) is 3.99. The van der Waals surface area contributed by atoms with Gasteiger partial charge in [-0.05, 0) is 40.6 Å². The van der Waals surface area contributed by atoms with Crippen LogP contribution in [0.15, 0.2) is 71.6 Å². The van der Waals surface area contributed by atoms with Gasteiger partial charge in [-0.25, -0.2) is 16.8 Å². The number of benzene rings is 3. The normalized spacial score (nSPS) is 13.5. The zero-order valence-corrected chi connectivity index (χ0v) is 15.6. The first-order chi connectivity index (χ1) is 12.2. The van der Waals surface area contributed by atoms with Crippen LogP contribution < -0.4 is 10.5 Å². The summed E-state index contributed by atoms with van der Waals surface area (Å²) in [6.45, 7) is 0. The maximum atomic E-state index is 12.4. The highest BCUT2D eigenvalue weighted by Crippen LogP contribution is 2.28. The maximum Gasteiger partial charge on any atom is 0.261 e. The van der Waals surface area contributed by atoms with Gasteiger partial charge in [-0.1, -0.05) is 42.5 Å². The molecule has 0 amide bonds. The largest absolute Gasteiger partial charge is 0.311 e. The van der Waals surface area contributed by atoms with Crippen molar-refractivity contribution < 1.29 is 16.8 Å². The van der Waals surface area contributed by atoms with Gasteiger partial charge in [0.1, 0.15) is 5.37 Å². The van der Waals surface area contributed by atoms with Crippen LogP contribution >= 0.6 is 0 Å². The molecule has 3 aromatic rings. The third-order valence-corrected chi connectivity index (χ3v) is 6.56. The summed E-state index contributed by atoms with van der Waals surface area (Å²) in [5.41, 5.74) is 6.71. The molecule has 3 rings (SSSR count). The van der Waals surface area contributed by atoms with Crippen LogP contribution in [0.3, 0.4) is 0 Å². The Hall–Kier alpha value is -2.42. The zero-order valence-electron chi connectivity index (χ0n) is 14.0. The van der Waals surface area contributed by atoms with Crippen molar-refractivity contribution in [1.82, 2.24) is 0 Å². The van der Waals surface area contributed by atoms with E-state index in [0.717, 1.165) is 6.26 Å². The molecule has 0 saturated carbocycles. The van der Waals surface area contributed by atoms with Gasteiger partial charge in [-0.3, -0.25) is 4.72 Å². The van der Waals surface area contributed by atoms with E-state index in [1.54, 1.807) is 54.6 Å². The molecule has 8 heteroatoms. The van der Waals surface area contributed by atoms with E-state index in [0.29, 0.717) is 22.0 Å². The summed E-state index contributed by atoms with van der Waals surface area (Å²) in [5, 5.41) is 0.209. The summed E-state index contributed by atoms with van der Waals surface area (Å²) in [6.07, 6.45) is 1.08. The minimum atomic E-state index is -3.70. The molecule has 6 nitrogen and oxygen atoms in total. The van der Waals surface area contributed by atoms with E-state index in [4.69, 9.17) is 5.73 Å². The summed E-state index contributed by atoms with van der Waals surface area (Å²) >= 11 is 0. The second kappa shape index (κ2) is 6.71. The lowest BCUT2D eigenvalue weighted by molar-refractivity contribution is 0.590. The highest BCUT2D eigenvalue weighted by molar-refractivity contribution is 7.92. The molecule has 0 aliphatic rings. The molecule has 0 spiro atoms. The van der Waals surface area contributed by atoms with Gasteiger partial charge in [-0.15, -0.1) is 0 Å². The summed E-state index contributed by atoms with van der Waals surface area (Å²) in [5.74, 6) is 0. The average Bonchev–Trinajstić information content (AvgIpc) is 2.60. The monoisotopic (exact) mass is 390 g/mol. The van der Waals surface area contributed by atoms with E-state index in [2.05, 4.69) is 4.72 Å². The number of nitrogens with one attached hydrogen (secondary N) is 1. The zero-order chi connectivity index (χ0) is 18.9. The molecule has 0 saturated heterocycles. The quantitative estimate of drug-likeness (QED) is 0.696. The van der Waals surface area contributed by atoms with Crippen molar-refractivity contribution in [3.8, 4) is 0 Å². The van der Waals surface area contributed by atoms with Crippen molar-refractivity contribution >= 4 is 36.3 Å².